The van der Waals surface area contributed by atoms with Crippen molar-refractivity contribution in [3.63, 3.8) is 0 Å². The van der Waals surface area contributed by atoms with E-state index in [1.165, 1.54) is 4.90 Å². The molecular formula is C13H16BrN3OS. The summed E-state index contributed by atoms with van der Waals surface area (Å²) in [5, 5.41) is 4.17. The van der Waals surface area contributed by atoms with E-state index < -0.39 is 0 Å². The van der Waals surface area contributed by atoms with Gasteiger partial charge in [-0.25, -0.2) is 0 Å². The second-order valence-electron chi connectivity index (χ2n) is 4.07. The van der Waals surface area contributed by atoms with Gasteiger partial charge in [-0.2, -0.15) is 5.10 Å². The van der Waals surface area contributed by atoms with E-state index >= 15 is 0 Å². The predicted octanol–water partition coefficient (Wildman–Crippen LogP) is 2.98. The quantitative estimate of drug-likeness (QED) is 0.849. The number of methoxy groups -OCH3 is 1. The van der Waals surface area contributed by atoms with Crippen molar-refractivity contribution in [2.45, 2.75) is 10.9 Å². The molecule has 102 valence electrons. The van der Waals surface area contributed by atoms with E-state index in [-0.39, 0.29) is 6.04 Å². The molecule has 2 N–H and O–H groups in total. The Labute approximate surface area is 125 Å². The number of ether oxygens (including phenoxy) is 1. The van der Waals surface area contributed by atoms with Crippen molar-refractivity contribution in [2.24, 2.45) is 12.8 Å². The SMILES string of the molecule is COc1cnn(C)c1C(N)CSc1ccccc1Br. The average molecular weight is 342 g/mol. The predicted molar refractivity (Wildman–Crippen MR) is 81.6 cm³/mol. The molecule has 0 bridgehead atoms. The Kier molecular flexibility index (Phi) is 4.90. The van der Waals surface area contributed by atoms with E-state index in [9.17, 15) is 0 Å². The lowest BCUT2D eigenvalue weighted by molar-refractivity contribution is 0.405. The van der Waals surface area contributed by atoms with Crippen molar-refractivity contribution >= 4 is 27.7 Å². The summed E-state index contributed by atoms with van der Waals surface area (Å²) < 4.78 is 8.14. The second kappa shape index (κ2) is 6.45. The molecule has 2 aromatic rings. The Morgan fingerprint density at radius 2 is 2.21 bits per heavy atom. The average Bonchev–Trinajstić information content (AvgIpc) is 2.78. The van der Waals surface area contributed by atoms with Gasteiger partial charge in [0.1, 0.15) is 0 Å². The van der Waals surface area contributed by atoms with Gasteiger partial charge in [0.2, 0.25) is 0 Å². The van der Waals surface area contributed by atoms with Crippen molar-refractivity contribution in [1.82, 2.24) is 9.78 Å². The summed E-state index contributed by atoms with van der Waals surface area (Å²) in [5.74, 6) is 1.50. The molecule has 0 saturated heterocycles. The third-order valence-corrected chi connectivity index (χ3v) is 4.92. The van der Waals surface area contributed by atoms with E-state index in [0.717, 1.165) is 21.7 Å². The van der Waals surface area contributed by atoms with Crippen LogP contribution in [-0.2, 0) is 7.05 Å². The zero-order valence-electron chi connectivity index (χ0n) is 10.8. The molecule has 0 fully saturated rings. The largest absolute Gasteiger partial charge is 0.493 e. The van der Waals surface area contributed by atoms with Crippen LogP contribution in [0.25, 0.3) is 0 Å². The van der Waals surface area contributed by atoms with Crippen LogP contribution in [0, 0.1) is 0 Å². The third kappa shape index (κ3) is 3.32. The Bertz CT molecular complexity index is 559. The lowest BCUT2D eigenvalue weighted by Gasteiger charge is -2.14. The molecule has 1 unspecified atom stereocenters. The van der Waals surface area contributed by atoms with Crippen LogP contribution in [0.4, 0.5) is 0 Å². The first-order valence-corrected chi connectivity index (χ1v) is 7.60. The Hall–Kier alpha value is -0.980. The smallest absolute Gasteiger partial charge is 0.161 e. The highest BCUT2D eigenvalue weighted by Gasteiger charge is 2.17. The molecule has 1 aromatic heterocycles. The van der Waals surface area contributed by atoms with Gasteiger partial charge in [0, 0.05) is 22.2 Å². The number of rotatable bonds is 5. The number of hydrogen-bond donors (Lipinski definition) is 1. The Balaban J connectivity index is 2.07. The van der Waals surface area contributed by atoms with Gasteiger partial charge < -0.3 is 10.5 Å². The molecule has 2 rings (SSSR count). The molecule has 1 aromatic carbocycles. The highest BCUT2D eigenvalue weighted by atomic mass is 79.9. The van der Waals surface area contributed by atoms with Crippen molar-refractivity contribution in [3.8, 4) is 5.75 Å². The zero-order chi connectivity index (χ0) is 13.8. The standard InChI is InChI=1S/C13H16BrN3OS/c1-17-13(11(18-2)7-16-17)10(15)8-19-12-6-4-3-5-9(12)14/h3-7,10H,8,15H2,1-2H3. The lowest BCUT2D eigenvalue weighted by Crippen LogP contribution is -2.17. The van der Waals surface area contributed by atoms with E-state index in [1.54, 1.807) is 29.8 Å². The maximum Gasteiger partial charge on any atom is 0.161 e. The first-order valence-electron chi connectivity index (χ1n) is 5.82. The van der Waals surface area contributed by atoms with Crippen molar-refractivity contribution < 1.29 is 4.74 Å². The molecular weight excluding hydrogens is 326 g/mol. The molecule has 0 aliphatic rings. The summed E-state index contributed by atoms with van der Waals surface area (Å²) in [5.41, 5.74) is 7.16. The second-order valence-corrected chi connectivity index (χ2v) is 5.99. The fourth-order valence-corrected chi connectivity index (χ4v) is 3.35. The molecule has 1 heterocycles. The molecule has 0 aliphatic carbocycles. The zero-order valence-corrected chi connectivity index (χ0v) is 13.2. The fraction of sp³-hybridized carbons (Fsp3) is 0.308. The number of aryl methyl sites for hydroxylation is 1. The molecule has 0 amide bonds. The Morgan fingerprint density at radius 3 is 2.89 bits per heavy atom. The van der Waals surface area contributed by atoms with Gasteiger partial charge in [-0.1, -0.05) is 12.1 Å². The summed E-state index contributed by atoms with van der Waals surface area (Å²) >= 11 is 5.25. The van der Waals surface area contributed by atoms with E-state index in [1.807, 2.05) is 25.2 Å². The van der Waals surface area contributed by atoms with Crippen LogP contribution in [-0.4, -0.2) is 22.6 Å². The van der Waals surface area contributed by atoms with E-state index in [0.29, 0.717) is 0 Å². The van der Waals surface area contributed by atoms with Crippen molar-refractivity contribution in [2.75, 3.05) is 12.9 Å². The molecule has 0 aliphatic heterocycles. The van der Waals surface area contributed by atoms with Crippen LogP contribution in [0.5, 0.6) is 5.75 Å². The minimum Gasteiger partial charge on any atom is -0.493 e. The number of nitrogens with two attached hydrogens (primary N) is 1. The van der Waals surface area contributed by atoms with Crippen LogP contribution < -0.4 is 10.5 Å². The van der Waals surface area contributed by atoms with Crippen molar-refractivity contribution in [1.29, 1.82) is 0 Å². The molecule has 0 saturated carbocycles. The maximum absolute atomic E-state index is 6.24. The number of thioether (sulfide) groups is 1. The van der Waals surface area contributed by atoms with Crippen LogP contribution in [0.3, 0.4) is 0 Å². The third-order valence-electron chi connectivity index (χ3n) is 2.78. The van der Waals surface area contributed by atoms with Gasteiger partial charge in [-0.3, -0.25) is 4.68 Å². The molecule has 6 heteroatoms. The van der Waals surface area contributed by atoms with Crippen LogP contribution in [0.2, 0.25) is 0 Å². The number of hydrogen-bond acceptors (Lipinski definition) is 4. The summed E-state index contributed by atoms with van der Waals surface area (Å²) in [7, 11) is 3.51. The number of nitrogens with zero attached hydrogens (tertiary/aromatic N) is 2. The summed E-state index contributed by atoms with van der Waals surface area (Å²) in [4.78, 5) is 1.18. The summed E-state index contributed by atoms with van der Waals surface area (Å²) in [6, 6.07) is 7.99. The van der Waals surface area contributed by atoms with Gasteiger partial charge in [0.25, 0.3) is 0 Å². The number of aromatic nitrogens is 2. The normalized spacial score (nSPS) is 12.4. The molecule has 1 atom stereocenters. The van der Waals surface area contributed by atoms with Crippen LogP contribution >= 0.6 is 27.7 Å². The first-order chi connectivity index (χ1) is 9.13. The van der Waals surface area contributed by atoms with Gasteiger partial charge in [0.15, 0.2) is 5.75 Å². The number of benzene rings is 1. The first kappa shape index (κ1) is 14.4. The summed E-state index contributed by atoms with van der Waals surface area (Å²) in [6.07, 6.45) is 1.69. The van der Waals surface area contributed by atoms with E-state index in [2.05, 4.69) is 27.1 Å². The van der Waals surface area contributed by atoms with Gasteiger partial charge >= 0.3 is 0 Å². The molecule has 19 heavy (non-hydrogen) atoms. The maximum atomic E-state index is 6.24. The highest BCUT2D eigenvalue weighted by Crippen LogP contribution is 2.31. The molecule has 4 nitrogen and oxygen atoms in total. The van der Waals surface area contributed by atoms with Crippen LogP contribution in [0.1, 0.15) is 11.7 Å². The highest BCUT2D eigenvalue weighted by molar-refractivity contribution is 9.10. The topological polar surface area (TPSA) is 53.1 Å². The van der Waals surface area contributed by atoms with Gasteiger partial charge in [0.05, 0.1) is 25.0 Å². The van der Waals surface area contributed by atoms with Crippen LogP contribution in [0.15, 0.2) is 39.8 Å². The van der Waals surface area contributed by atoms with Gasteiger partial charge in [-0.15, -0.1) is 11.8 Å². The number of halogens is 1. The molecule has 0 spiro atoms. The van der Waals surface area contributed by atoms with E-state index in [4.69, 9.17) is 10.5 Å². The Morgan fingerprint density at radius 1 is 1.47 bits per heavy atom. The summed E-state index contributed by atoms with van der Waals surface area (Å²) in [6.45, 7) is 0. The lowest BCUT2D eigenvalue weighted by atomic mass is 10.2. The van der Waals surface area contributed by atoms with Crippen molar-refractivity contribution in [3.05, 3.63) is 40.6 Å². The minimum absolute atomic E-state index is 0.125. The minimum atomic E-state index is -0.125. The van der Waals surface area contributed by atoms with Gasteiger partial charge in [-0.05, 0) is 28.1 Å². The fourth-order valence-electron chi connectivity index (χ4n) is 1.83. The molecule has 0 radical (unpaired) electrons. The monoisotopic (exact) mass is 341 g/mol.